The van der Waals surface area contributed by atoms with Crippen molar-refractivity contribution in [1.29, 1.82) is 0 Å². The molecule has 0 atom stereocenters. The van der Waals surface area contributed by atoms with Crippen molar-refractivity contribution in [3.63, 3.8) is 0 Å². The summed E-state index contributed by atoms with van der Waals surface area (Å²) in [7, 11) is 1.70. The molecule has 0 amide bonds. The van der Waals surface area contributed by atoms with Crippen LogP contribution in [0, 0.1) is 6.92 Å². The van der Waals surface area contributed by atoms with E-state index in [1.807, 2.05) is 6.07 Å². The first kappa shape index (κ1) is 11.5. The average Bonchev–Trinajstić information content (AvgIpc) is 2.64. The summed E-state index contributed by atoms with van der Waals surface area (Å²) < 4.78 is 5.30. The van der Waals surface area contributed by atoms with Gasteiger partial charge in [-0.25, -0.2) is 0 Å². The fourth-order valence-corrected chi connectivity index (χ4v) is 2.67. The maximum Gasteiger partial charge on any atom is 0.119 e. The molecule has 1 aliphatic heterocycles. The molecule has 3 heteroatoms. The van der Waals surface area contributed by atoms with Crippen LogP contribution in [-0.4, -0.2) is 18.6 Å². The van der Waals surface area contributed by atoms with E-state index >= 15 is 0 Å². The monoisotopic (exact) mass is 242 g/mol. The van der Waals surface area contributed by atoms with Gasteiger partial charge in [-0.3, -0.25) is 4.98 Å². The largest absolute Gasteiger partial charge is 0.497 e. The van der Waals surface area contributed by atoms with Gasteiger partial charge in [-0.05, 0) is 55.6 Å². The minimum absolute atomic E-state index is 0.897. The highest BCUT2D eigenvalue weighted by atomic mass is 16.5. The normalized spacial score (nSPS) is 15.2. The Balaban J connectivity index is 2.24. The first-order valence-corrected chi connectivity index (χ1v) is 6.46. The van der Waals surface area contributed by atoms with E-state index in [0.29, 0.717) is 0 Å². The molecule has 3 nitrogen and oxygen atoms in total. The predicted octanol–water partition coefficient (Wildman–Crippen LogP) is 2.59. The third-order valence-electron chi connectivity index (χ3n) is 3.73. The van der Waals surface area contributed by atoms with Crippen LogP contribution in [-0.2, 0) is 13.0 Å². The molecule has 0 saturated carbocycles. The van der Waals surface area contributed by atoms with Crippen molar-refractivity contribution in [1.82, 2.24) is 10.3 Å². The van der Waals surface area contributed by atoms with Gasteiger partial charge in [0, 0.05) is 17.6 Å². The maximum absolute atomic E-state index is 5.30. The summed E-state index contributed by atoms with van der Waals surface area (Å²) in [4.78, 5) is 4.82. The number of aromatic nitrogens is 1. The first-order valence-electron chi connectivity index (χ1n) is 6.46. The number of ether oxygens (including phenoxy) is 1. The van der Waals surface area contributed by atoms with E-state index in [0.717, 1.165) is 30.8 Å². The van der Waals surface area contributed by atoms with Gasteiger partial charge in [-0.2, -0.15) is 0 Å². The number of benzene rings is 1. The lowest BCUT2D eigenvalue weighted by molar-refractivity contribution is 0.415. The van der Waals surface area contributed by atoms with E-state index in [9.17, 15) is 0 Å². The van der Waals surface area contributed by atoms with Gasteiger partial charge in [-0.15, -0.1) is 0 Å². The fraction of sp³-hybridized carbons (Fsp3) is 0.400. The molecule has 1 aliphatic rings. The van der Waals surface area contributed by atoms with Crippen LogP contribution in [0.3, 0.4) is 0 Å². The number of fused-ring (bicyclic) bond motifs is 2. The molecule has 0 bridgehead atoms. The van der Waals surface area contributed by atoms with Crippen molar-refractivity contribution in [3.8, 4) is 5.75 Å². The summed E-state index contributed by atoms with van der Waals surface area (Å²) in [6.07, 6.45) is 2.24. The molecule has 0 aliphatic carbocycles. The molecular weight excluding hydrogens is 224 g/mol. The highest BCUT2D eigenvalue weighted by molar-refractivity contribution is 5.85. The Morgan fingerprint density at radius 2 is 2.22 bits per heavy atom. The van der Waals surface area contributed by atoms with Gasteiger partial charge >= 0.3 is 0 Å². The number of nitrogens with one attached hydrogen (secondary N) is 1. The van der Waals surface area contributed by atoms with Crippen molar-refractivity contribution < 1.29 is 4.74 Å². The van der Waals surface area contributed by atoms with Crippen molar-refractivity contribution in [3.05, 3.63) is 35.0 Å². The fourth-order valence-electron chi connectivity index (χ4n) is 2.67. The Kier molecular flexibility index (Phi) is 2.92. The van der Waals surface area contributed by atoms with Crippen molar-refractivity contribution in [2.24, 2.45) is 0 Å². The Labute approximate surface area is 107 Å². The topological polar surface area (TPSA) is 34.1 Å². The van der Waals surface area contributed by atoms with Crippen LogP contribution in [0.25, 0.3) is 10.9 Å². The second-order valence-electron chi connectivity index (χ2n) is 4.83. The number of rotatable bonds is 1. The van der Waals surface area contributed by atoms with Gasteiger partial charge in [0.1, 0.15) is 5.75 Å². The zero-order chi connectivity index (χ0) is 12.5. The number of pyridine rings is 1. The smallest absolute Gasteiger partial charge is 0.119 e. The maximum atomic E-state index is 5.30. The molecule has 3 rings (SSSR count). The van der Waals surface area contributed by atoms with Crippen LogP contribution in [0.15, 0.2) is 18.2 Å². The highest BCUT2D eigenvalue weighted by Crippen LogP contribution is 2.27. The number of methoxy groups -OCH3 is 1. The molecule has 18 heavy (non-hydrogen) atoms. The van der Waals surface area contributed by atoms with Gasteiger partial charge < -0.3 is 10.1 Å². The van der Waals surface area contributed by atoms with Crippen molar-refractivity contribution >= 4 is 10.9 Å². The summed E-state index contributed by atoms with van der Waals surface area (Å²) in [5.74, 6) is 0.897. The van der Waals surface area contributed by atoms with Crippen LogP contribution in [0.2, 0.25) is 0 Å². The zero-order valence-electron chi connectivity index (χ0n) is 10.9. The summed E-state index contributed by atoms with van der Waals surface area (Å²) >= 11 is 0. The Morgan fingerprint density at radius 3 is 3.06 bits per heavy atom. The third kappa shape index (κ3) is 1.85. The van der Waals surface area contributed by atoms with Gasteiger partial charge in [0.2, 0.25) is 0 Å². The van der Waals surface area contributed by atoms with E-state index < -0.39 is 0 Å². The van der Waals surface area contributed by atoms with Crippen LogP contribution >= 0.6 is 0 Å². The number of hydrogen-bond acceptors (Lipinski definition) is 3. The zero-order valence-corrected chi connectivity index (χ0v) is 10.9. The molecule has 2 heterocycles. The Bertz CT molecular complexity index is 593. The number of hydrogen-bond donors (Lipinski definition) is 1. The van der Waals surface area contributed by atoms with E-state index in [1.54, 1.807) is 7.11 Å². The third-order valence-corrected chi connectivity index (χ3v) is 3.73. The standard InChI is InChI=1S/C15H18N2O/c1-10-12-8-11(18-2)5-6-15(12)17-14-4-3-7-16-9-13(10)14/h5-6,8,16H,3-4,7,9H2,1-2H3. The van der Waals surface area contributed by atoms with E-state index in [2.05, 4.69) is 24.4 Å². The SMILES string of the molecule is COc1ccc2nc3c(c(C)c2c1)CNCCC3. The molecule has 0 radical (unpaired) electrons. The molecule has 0 saturated heterocycles. The summed E-state index contributed by atoms with van der Waals surface area (Å²) in [5, 5.41) is 4.67. The van der Waals surface area contributed by atoms with E-state index in [-0.39, 0.29) is 0 Å². The second kappa shape index (κ2) is 4.58. The molecule has 94 valence electrons. The Hall–Kier alpha value is -1.61. The highest BCUT2D eigenvalue weighted by Gasteiger charge is 2.14. The molecule has 2 aromatic rings. The molecule has 0 spiro atoms. The molecule has 1 aromatic carbocycles. The van der Waals surface area contributed by atoms with Crippen LogP contribution < -0.4 is 10.1 Å². The summed E-state index contributed by atoms with van der Waals surface area (Å²) in [5.41, 5.74) is 5.04. The molecule has 0 fully saturated rings. The van der Waals surface area contributed by atoms with Crippen LogP contribution in [0.5, 0.6) is 5.75 Å². The van der Waals surface area contributed by atoms with Gasteiger partial charge in [0.25, 0.3) is 0 Å². The quantitative estimate of drug-likeness (QED) is 0.834. The summed E-state index contributed by atoms with van der Waals surface area (Å²) in [6, 6.07) is 6.12. The van der Waals surface area contributed by atoms with E-state index in [1.165, 1.54) is 28.6 Å². The molecule has 0 unspecified atom stereocenters. The average molecular weight is 242 g/mol. The Morgan fingerprint density at radius 1 is 1.33 bits per heavy atom. The van der Waals surface area contributed by atoms with Crippen molar-refractivity contribution in [2.75, 3.05) is 13.7 Å². The second-order valence-corrected chi connectivity index (χ2v) is 4.83. The first-order chi connectivity index (χ1) is 8.79. The minimum Gasteiger partial charge on any atom is -0.497 e. The number of aryl methyl sites for hydroxylation is 2. The molecule has 1 N–H and O–H groups in total. The van der Waals surface area contributed by atoms with Gasteiger partial charge in [-0.1, -0.05) is 0 Å². The number of nitrogens with zero attached hydrogens (tertiary/aromatic N) is 1. The van der Waals surface area contributed by atoms with Crippen molar-refractivity contribution in [2.45, 2.75) is 26.3 Å². The lowest BCUT2D eigenvalue weighted by atomic mass is 10.00. The predicted molar refractivity (Wildman–Crippen MR) is 73.1 cm³/mol. The lowest BCUT2D eigenvalue weighted by Crippen LogP contribution is -2.13. The minimum atomic E-state index is 0.897. The molecular formula is C15H18N2O. The molecule has 1 aromatic heterocycles. The van der Waals surface area contributed by atoms with Gasteiger partial charge in [0.15, 0.2) is 0 Å². The van der Waals surface area contributed by atoms with Crippen LogP contribution in [0.4, 0.5) is 0 Å². The van der Waals surface area contributed by atoms with Gasteiger partial charge in [0.05, 0.1) is 12.6 Å². The summed E-state index contributed by atoms with van der Waals surface area (Å²) in [6.45, 7) is 4.20. The van der Waals surface area contributed by atoms with Crippen LogP contribution in [0.1, 0.15) is 23.2 Å². The lowest BCUT2D eigenvalue weighted by Gasteiger charge is -2.13. The van der Waals surface area contributed by atoms with E-state index in [4.69, 9.17) is 9.72 Å².